The minimum absolute atomic E-state index is 0.0196. The van der Waals surface area contributed by atoms with Gasteiger partial charge in [0.1, 0.15) is 5.78 Å². The summed E-state index contributed by atoms with van der Waals surface area (Å²) < 4.78 is 0. The van der Waals surface area contributed by atoms with Crippen LogP contribution in [-0.4, -0.2) is 46.5 Å². The summed E-state index contributed by atoms with van der Waals surface area (Å²) in [6, 6.07) is -0.585. The van der Waals surface area contributed by atoms with E-state index in [1.165, 1.54) is 6.92 Å². The zero-order valence-corrected chi connectivity index (χ0v) is 24.6. The molecule has 5 atom stereocenters. The van der Waals surface area contributed by atoms with Gasteiger partial charge in [-0.1, -0.05) is 74.7 Å². The van der Waals surface area contributed by atoms with Gasteiger partial charge in [-0.2, -0.15) is 0 Å². The molecule has 3 rings (SSSR count). The van der Waals surface area contributed by atoms with E-state index in [2.05, 4.69) is 13.8 Å². The Morgan fingerprint density at radius 1 is 0.946 bits per heavy atom. The Balaban J connectivity index is 1.83. The van der Waals surface area contributed by atoms with Crippen LogP contribution < -0.4 is 0 Å². The van der Waals surface area contributed by atoms with Gasteiger partial charge in [0.05, 0.1) is 6.04 Å². The first-order valence-corrected chi connectivity index (χ1v) is 14.2. The molecule has 0 bridgehead atoms. The third kappa shape index (κ3) is 6.60. The Kier molecular flexibility index (Phi) is 8.33. The molecule has 1 heterocycles. The lowest BCUT2D eigenvalue weighted by molar-refractivity contribution is -0.148. The number of Topliss-reactive ketones (excluding diaryl/α,β-unsaturated/α-hetero) is 4. The van der Waals surface area contributed by atoms with Crippen LogP contribution in [0.25, 0.3) is 0 Å². The molecule has 3 aliphatic rings. The van der Waals surface area contributed by atoms with Gasteiger partial charge in [0.2, 0.25) is 11.7 Å². The molecule has 6 heteroatoms. The summed E-state index contributed by atoms with van der Waals surface area (Å²) in [7, 11) is 0. The fraction of sp³-hybridized carbons (Fsp3) is 0.839. The van der Waals surface area contributed by atoms with Gasteiger partial charge in [-0.15, -0.1) is 0 Å². The van der Waals surface area contributed by atoms with Crippen molar-refractivity contribution in [1.29, 1.82) is 0 Å². The van der Waals surface area contributed by atoms with Gasteiger partial charge in [-0.05, 0) is 40.4 Å². The number of fused-ring (bicyclic) bond motifs is 1. The van der Waals surface area contributed by atoms with E-state index in [1.807, 2.05) is 41.5 Å². The van der Waals surface area contributed by atoms with E-state index < -0.39 is 34.9 Å². The number of carbonyl (C=O) groups excluding carboxylic acids is 5. The molecule has 1 amide bonds. The molecule has 0 aromatic rings. The quantitative estimate of drug-likeness (QED) is 0.341. The number of amides is 1. The number of hydrogen-bond acceptors (Lipinski definition) is 5. The van der Waals surface area contributed by atoms with Crippen molar-refractivity contribution in [2.45, 2.75) is 113 Å². The zero-order chi connectivity index (χ0) is 28.1. The minimum atomic E-state index is -0.597. The van der Waals surface area contributed by atoms with Crippen LogP contribution in [0.3, 0.4) is 0 Å². The lowest BCUT2D eigenvalue weighted by atomic mass is 9.74. The molecular formula is C31H49NO5. The highest BCUT2D eigenvalue weighted by atomic mass is 16.2. The van der Waals surface area contributed by atoms with Crippen molar-refractivity contribution in [3.05, 3.63) is 0 Å². The number of rotatable bonds is 11. The number of likely N-dealkylation sites (tertiary alicyclic amines) is 1. The predicted molar refractivity (Wildman–Crippen MR) is 144 cm³/mol. The second kappa shape index (κ2) is 10.4. The van der Waals surface area contributed by atoms with Crippen LogP contribution in [0.4, 0.5) is 0 Å². The van der Waals surface area contributed by atoms with Crippen LogP contribution in [0, 0.1) is 45.8 Å². The fourth-order valence-corrected chi connectivity index (χ4v) is 6.80. The fourth-order valence-electron chi connectivity index (χ4n) is 6.80. The van der Waals surface area contributed by atoms with Crippen molar-refractivity contribution < 1.29 is 24.0 Å². The van der Waals surface area contributed by atoms with Crippen LogP contribution >= 0.6 is 0 Å². The van der Waals surface area contributed by atoms with Crippen molar-refractivity contribution >= 4 is 29.0 Å². The largest absolute Gasteiger partial charge is 0.332 e. The summed E-state index contributed by atoms with van der Waals surface area (Å²) in [6.45, 7) is 18.1. The molecule has 2 saturated carbocycles. The summed E-state index contributed by atoms with van der Waals surface area (Å²) >= 11 is 0. The summed E-state index contributed by atoms with van der Waals surface area (Å²) in [5.41, 5.74) is -0.624. The maximum Gasteiger partial charge on any atom is 0.227 e. The van der Waals surface area contributed by atoms with E-state index in [9.17, 15) is 24.0 Å². The molecule has 0 aromatic carbocycles. The Labute approximate surface area is 223 Å². The van der Waals surface area contributed by atoms with E-state index in [0.29, 0.717) is 25.3 Å². The molecule has 2 aliphatic carbocycles. The third-order valence-electron chi connectivity index (χ3n) is 9.33. The molecular weight excluding hydrogens is 466 g/mol. The van der Waals surface area contributed by atoms with Crippen molar-refractivity contribution in [1.82, 2.24) is 4.90 Å². The standard InChI is InChI=1S/C31H49NO5/c1-18(33)27(36)20(13-19-11-10-12-19)14-24(35)26-25-23(31(25,8)9)17-32(26)28(37)22(30(5,6)7)15-21(34)16-29(2,3)4/h19-20,22-23,25-26H,10-17H2,1-9H3/t20-,22+,23-,25-,26+/m0/s1. The van der Waals surface area contributed by atoms with E-state index in [0.717, 1.165) is 19.3 Å². The number of ketones is 4. The van der Waals surface area contributed by atoms with Gasteiger partial charge < -0.3 is 4.90 Å². The van der Waals surface area contributed by atoms with Crippen molar-refractivity contribution in [2.75, 3.05) is 6.54 Å². The lowest BCUT2D eigenvalue weighted by Crippen LogP contribution is -2.51. The molecule has 1 saturated heterocycles. The summed E-state index contributed by atoms with van der Waals surface area (Å²) in [6.07, 6.45) is 4.38. The van der Waals surface area contributed by atoms with Crippen LogP contribution in [0.2, 0.25) is 0 Å². The average molecular weight is 516 g/mol. The highest BCUT2D eigenvalue weighted by Gasteiger charge is 2.69. The lowest BCUT2D eigenvalue weighted by Gasteiger charge is -2.38. The molecule has 0 spiro atoms. The third-order valence-corrected chi connectivity index (χ3v) is 9.33. The van der Waals surface area contributed by atoms with E-state index >= 15 is 0 Å². The van der Waals surface area contributed by atoms with Gasteiger partial charge in [0.25, 0.3) is 0 Å². The zero-order valence-electron chi connectivity index (χ0n) is 24.6. The number of hydrogen-bond donors (Lipinski definition) is 0. The molecule has 0 N–H and O–H groups in total. The Morgan fingerprint density at radius 3 is 2.00 bits per heavy atom. The Bertz CT molecular complexity index is 946. The first-order valence-electron chi connectivity index (χ1n) is 14.2. The maximum absolute atomic E-state index is 14.0. The smallest absolute Gasteiger partial charge is 0.227 e. The molecule has 0 unspecified atom stereocenters. The van der Waals surface area contributed by atoms with Crippen LogP contribution in [-0.2, 0) is 24.0 Å². The van der Waals surface area contributed by atoms with E-state index in [-0.39, 0.29) is 53.0 Å². The first kappa shape index (κ1) is 29.7. The molecule has 37 heavy (non-hydrogen) atoms. The van der Waals surface area contributed by atoms with Crippen molar-refractivity contribution in [3.63, 3.8) is 0 Å². The number of nitrogens with zero attached hydrogens (tertiary/aromatic N) is 1. The minimum Gasteiger partial charge on any atom is -0.332 e. The van der Waals surface area contributed by atoms with Crippen molar-refractivity contribution in [2.24, 2.45) is 45.8 Å². The number of carbonyl (C=O) groups is 5. The average Bonchev–Trinajstić information content (AvgIpc) is 3.06. The molecule has 6 nitrogen and oxygen atoms in total. The molecule has 1 aliphatic heterocycles. The number of piperidine rings is 1. The van der Waals surface area contributed by atoms with Gasteiger partial charge in [-0.25, -0.2) is 0 Å². The molecule has 0 radical (unpaired) electrons. The van der Waals surface area contributed by atoms with Crippen LogP contribution in [0.5, 0.6) is 0 Å². The Hall–Kier alpha value is -1.85. The van der Waals surface area contributed by atoms with Gasteiger partial charge >= 0.3 is 0 Å². The summed E-state index contributed by atoms with van der Waals surface area (Å²) in [4.78, 5) is 67.3. The second-order valence-electron chi connectivity index (χ2n) is 15.1. The van der Waals surface area contributed by atoms with Crippen LogP contribution in [0.1, 0.15) is 107 Å². The van der Waals surface area contributed by atoms with Gasteiger partial charge in [-0.3, -0.25) is 24.0 Å². The second-order valence-corrected chi connectivity index (χ2v) is 15.1. The van der Waals surface area contributed by atoms with Gasteiger partial charge in [0.15, 0.2) is 11.6 Å². The maximum atomic E-state index is 14.0. The van der Waals surface area contributed by atoms with E-state index in [4.69, 9.17) is 0 Å². The highest BCUT2D eigenvalue weighted by molar-refractivity contribution is 6.37. The molecule has 0 aromatic heterocycles. The van der Waals surface area contributed by atoms with Crippen LogP contribution in [0.15, 0.2) is 0 Å². The SMILES string of the molecule is CC(=O)C(=O)[C@H](CC(=O)[C@@H]1[C@@H]2[C@H](CN1C(=O)[C@@H](CC(=O)CC(C)(C)C)C(C)(C)C)C2(C)C)CC1CCC1. The summed E-state index contributed by atoms with van der Waals surface area (Å²) in [5, 5.41) is 0. The predicted octanol–water partition coefficient (Wildman–Crippen LogP) is 5.45. The molecule has 208 valence electrons. The highest BCUT2D eigenvalue weighted by Crippen LogP contribution is 2.65. The normalized spacial score (nSPS) is 26.6. The Morgan fingerprint density at radius 2 is 1.54 bits per heavy atom. The monoisotopic (exact) mass is 515 g/mol. The van der Waals surface area contributed by atoms with Crippen molar-refractivity contribution in [3.8, 4) is 0 Å². The topological polar surface area (TPSA) is 88.6 Å². The first-order chi connectivity index (χ1) is 16.8. The van der Waals surface area contributed by atoms with Gasteiger partial charge in [0, 0.05) is 44.6 Å². The summed E-state index contributed by atoms with van der Waals surface area (Å²) in [5.74, 6) is -1.51. The van der Waals surface area contributed by atoms with E-state index in [1.54, 1.807) is 4.90 Å². The molecule has 3 fully saturated rings.